The van der Waals surface area contributed by atoms with Crippen molar-refractivity contribution in [3.05, 3.63) is 56.0 Å². The fraction of sp³-hybridized carbons (Fsp3) is 0.0714. The van der Waals surface area contributed by atoms with Crippen molar-refractivity contribution in [3.63, 3.8) is 0 Å². The first-order valence-electron chi connectivity index (χ1n) is 5.64. The molecular formula is C14H10BrCl2NO2. The fourth-order valence-electron chi connectivity index (χ4n) is 1.70. The second kappa shape index (κ2) is 6.04. The highest BCUT2D eigenvalue weighted by Crippen LogP contribution is 2.37. The van der Waals surface area contributed by atoms with E-state index in [0.717, 1.165) is 11.3 Å². The molecule has 0 saturated heterocycles. The maximum atomic E-state index is 10.9. The largest absolute Gasteiger partial charge is 0.478 e. The van der Waals surface area contributed by atoms with Gasteiger partial charge >= 0.3 is 5.97 Å². The summed E-state index contributed by atoms with van der Waals surface area (Å²) in [7, 11) is 0. The number of rotatable bonds is 3. The van der Waals surface area contributed by atoms with E-state index in [0.29, 0.717) is 20.2 Å². The van der Waals surface area contributed by atoms with Crippen molar-refractivity contribution in [2.75, 3.05) is 5.32 Å². The number of carboxylic acid groups (broad SMARTS) is 1. The summed E-state index contributed by atoms with van der Waals surface area (Å²) >= 11 is 15.5. The first-order valence-corrected chi connectivity index (χ1v) is 7.19. The Morgan fingerprint density at radius 3 is 2.40 bits per heavy atom. The Morgan fingerprint density at radius 1 is 1.15 bits per heavy atom. The lowest BCUT2D eigenvalue weighted by Crippen LogP contribution is -1.99. The first-order chi connectivity index (χ1) is 9.40. The molecule has 0 aliphatic rings. The Morgan fingerprint density at radius 2 is 1.80 bits per heavy atom. The average Bonchev–Trinajstić information content (AvgIpc) is 2.41. The second-order valence-electron chi connectivity index (χ2n) is 4.18. The summed E-state index contributed by atoms with van der Waals surface area (Å²) in [4.78, 5) is 10.9. The molecule has 0 aliphatic carbocycles. The van der Waals surface area contributed by atoms with Crippen LogP contribution in [0.2, 0.25) is 10.0 Å². The van der Waals surface area contributed by atoms with Crippen LogP contribution in [0.4, 0.5) is 11.4 Å². The highest BCUT2D eigenvalue weighted by Gasteiger charge is 2.10. The normalized spacial score (nSPS) is 10.4. The van der Waals surface area contributed by atoms with E-state index >= 15 is 0 Å². The lowest BCUT2D eigenvalue weighted by Gasteiger charge is -2.13. The van der Waals surface area contributed by atoms with Crippen molar-refractivity contribution < 1.29 is 9.90 Å². The van der Waals surface area contributed by atoms with Gasteiger partial charge in [0.05, 0.1) is 21.3 Å². The molecule has 0 fully saturated rings. The lowest BCUT2D eigenvalue weighted by atomic mass is 10.1. The van der Waals surface area contributed by atoms with Crippen LogP contribution in [0.3, 0.4) is 0 Å². The molecule has 0 unspecified atom stereocenters. The summed E-state index contributed by atoms with van der Waals surface area (Å²) in [6, 6.07) is 8.41. The maximum absolute atomic E-state index is 10.9. The van der Waals surface area contributed by atoms with Crippen LogP contribution in [-0.2, 0) is 0 Å². The zero-order chi connectivity index (χ0) is 14.9. The lowest BCUT2D eigenvalue weighted by molar-refractivity contribution is 0.0697. The van der Waals surface area contributed by atoms with E-state index in [9.17, 15) is 4.79 Å². The van der Waals surface area contributed by atoms with Crippen LogP contribution in [0, 0.1) is 6.92 Å². The van der Waals surface area contributed by atoms with Gasteiger partial charge in [-0.3, -0.25) is 0 Å². The number of benzene rings is 2. The van der Waals surface area contributed by atoms with Gasteiger partial charge in [-0.2, -0.15) is 0 Å². The molecule has 20 heavy (non-hydrogen) atoms. The van der Waals surface area contributed by atoms with Gasteiger partial charge in [0, 0.05) is 10.2 Å². The Hall–Kier alpha value is -1.23. The molecule has 2 N–H and O–H groups in total. The van der Waals surface area contributed by atoms with E-state index in [-0.39, 0.29) is 5.56 Å². The van der Waals surface area contributed by atoms with Crippen LogP contribution in [0.15, 0.2) is 34.8 Å². The quantitative estimate of drug-likeness (QED) is 0.696. The van der Waals surface area contributed by atoms with E-state index in [2.05, 4.69) is 21.2 Å². The molecule has 0 aliphatic heterocycles. The van der Waals surface area contributed by atoms with Gasteiger partial charge in [0.25, 0.3) is 0 Å². The average molecular weight is 375 g/mol. The monoisotopic (exact) mass is 373 g/mol. The van der Waals surface area contributed by atoms with Gasteiger partial charge in [-0.1, -0.05) is 23.2 Å². The van der Waals surface area contributed by atoms with Gasteiger partial charge < -0.3 is 10.4 Å². The van der Waals surface area contributed by atoms with Crippen LogP contribution < -0.4 is 5.32 Å². The number of aromatic carboxylic acids is 1. The van der Waals surface area contributed by atoms with Gasteiger partial charge in [-0.05, 0) is 58.7 Å². The molecular weight excluding hydrogens is 365 g/mol. The number of carbonyl (C=O) groups is 1. The van der Waals surface area contributed by atoms with Gasteiger partial charge in [0.1, 0.15) is 0 Å². The number of anilines is 2. The molecule has 0 amide bonds. The Bertz CT molecular complexity index is 689. The molecule has 2 aromatic rings. The minimum Gasteiger partial charge on any atom is -0.478 e. The summed E-state index contributed by atoms with van der Waals surface area (Å²) in [6.07, 6.45) is 0. The minimum absolute atomic E-state index is 0.244. The topological polar surface area (TPSA) is 49.3 Å². The summed E-state index contributed by atoms with van der Waals surface area (Å²) < 4.78 is 0.715. The molecule has 2 aromatic carbocycles. The molecule has 3 nitrogen and oxygen atoms in total. The molecule has 0 bridgehead atoms. The van der Waals surface area contributed by atoms with Gasteiger partial charge in [-0.15, -0.1) is 0 Å². The van der Waals surface area contributed by atoms with E-state index in [4.69, 9.17) is 28.3 Å². The van der Waals surface area contributed by atoms with E-state index in [1.165, 1.54) is 6.07 Å². The third-order valence-electron chi connectivity index (χ3n) is 2.78. The second-order valence-corrected chi connectivity index (χ2v) is 5.79. The number of aryl methyl sites for hydroxylation is 1. The number of hydrogen-bond donors (Lipinski definition) is 2. The van der Waals surface area contributed by atoms with E-state index in [1.54, 1.807) is 24.3 Å². The summed E-state index contributed by atoms with van der Waals surface area (Å²) in [5.74, 6) is -0.954. The molecule has 0 radical (unpaired) electrons. The van der Waals surface area contributed by atoms with Crippen molar-refractivity contribution in [1.82, 2.24) is 0 Å². The van der Waals surface area contributed by atoms with Crippen LogP contribution in [0.1, 0.15) is 15.9 Å². The maximum Gasteiger partial charge on any atom is 0.335 e. The van der Waals surface area contributed by atoms with Crippen LogP contribution in [0.25, 0.3) is 0 Å². The van der Waals surface area contributed by atoms with Gasteiger partial charge in [-0.25, -0.2) is 4.79 Å². The predicted octanol–water partition coefficient (Wildman–Crippen LogP) is 5.51. The zero-order valence-electron chi connectivity index (χ0n) is 10.4. The Balaban J connectivity index is 2.36. The highest BCUT2D eigenvalue weighted by molar-refractivity contribution is 9.10. The van der Waals surface area contributed by atoms with E-state index < -0.39 is 5.97 Å². The van der Waals surface area contributed by atoms with Crippen molar-refractivity contribution in [2.45, 2.75) is 6.92 Å². The number of halogens is 3. The van der Waals surface area contributed by atoms with Gasteiger partial charge in [0.2, 0.25) is 0 Å². The molecule has 2 rings (SSSR count). The van der Waals surface area contributed by atoms with Crippen molar-refractivity contribution in [2.24, 2.45) is 0 Å². The van der Waals surface area contributed by atoms with Crippen LogP contribution in [0.5, 0.6) is 0 Å². The molecule has 0 spiro atoms. The highest BCUT2D eigenvalue weighted by atomic mass is 79.9. The Labute approximate surface area is 134 Å². The molecule has 0 heterocycles. The Kier molecular flexibility index (Phi) is 4.58. The van der Waals surface area contributed by atoms with Crippen molar-refractivity contribution >= 4 is 56.5 Å². The number of hydrogen-bond acceptors (Lipinski definition) is 2. The van der Waals surface area contributed by atoms with Crippen LogP contribution >= 0.6 is 39.1 Å². The molecule has 104 valence electrons. The standard InChI is InChI=1S/C14H10BrCl2NO2/c1-7-6-8(14(19)20)2-4-10(7)18-11-5-3-9(15)12(16)13(11)17/h2-6,18H,1H3,(H,19,20). The smallest absolute Gasteiger partial charge is 0.335 e. The molecule has 0 saturated carbocycles. The molecule has 0 aromatic heterocycles. The zero-order valence-corrected chi connectivity index (χ0v) is 13.5. The van der Waals surface area contributed by atoms with Crippen molar-refractivity contribution in [1.29, 1.82) is 0 Å². The summed E-state index contributed by atoms with van der Waals surface area (Å²) in [5, 5.41) is 12.9. The molecule has 6 heteroatoms. The predicted molar refractivity (Wildman–Crippen MR) is 85.6 cm³/mol. The summed E-state index contributed by atoms with van der Waals surface area (Å²) in [5.41, 5.74) is 2.48. The molecule has 0 atom stereocenters. The third-order valence-corrected chi connectivity index (χ3v) is 4.55. The number of carboxylic acids is 1. The first kappa shape index (κ1) is 15.2. The third kappa shape index (κ3) is 3.08. The van der Waals surface area contributed by atoms with Gasteiger partial charge in [0.15, 0.2) is 0 Å². The van der Waals surface area contributed by atoms with Crippen LogP contribution in [-0.4, -0.2) is 11.1 Å². The van der Waals surface area contributed by atoms with Crippen molar-refractivity contribution in [3.8, 4) is 0 Å². The number of nitrogens with one attached hydrogen (secondary N) is 1. The minimum atomic E-state index is -0.954. The van der Waals surface area contributed by atoms with E-state index in [1.807, 2.05) is 6.92 Å². The fourth-order valence-corrected chi connectivity index (χ4v) is 2.53. The summed E-state index contributed by atoms with van der Waals surface area (Å²) in [6.45, 7) is 1.82. The SMILES string of the molecule is Cc1cc(C(=O)O)ccc1Nc1ccc(Br)c(Cl)c1Cl.